The molecule has 8 aromatic carbocycles. The lowest BCUT2D eigenvalue weighted by Crippen LogP contribution is -2.00. The van der Waals surface area contributed by atoms with Gasteiger partial charge in [-0.25, -0.2) is 15.0 Å². The van der Waals surface area contributed by atoms with E-state index in [1.807, 2.05) is 72.0 Å². The first kappa shape index (κ1) is 32.2. The molecule has 0 N–H and O–H groups in total. The quantitative estimate of drug-likeness (QED) is 0.171. The van der Waals surface area contributed by atoms with Crippen LogP contribution in [0.15, 0.2) is 192 Å². The van der Waals surface area contributed by atoms with E-state index in [0.29, 0.717) is 17.5 Å². The number of thiophene rings is 1. The van der Waals surface area contributed by atoms with Gasteiger partial charge in [0.15, 0.2) is 17.5 Å². The lowest BCUT2D eigenvalue weighted by molar-refractivity contribution is 0.670. The average molecular weight is 734 g/mol. The molecule has 0 aliphatic carbocycles. The van der Waals surface area contributed by atoms with E-state index >= 15 is 0 Å². The van der Waals surface area contributed by atoms with Crippen LogP contribution in [0.5, 0.6) is 0 Å². The molecular weight excluding hydrogens is 703 g/mol. The molecule has 11 aromatic rings. The van der Waals surface area contributed by atoms with Crippen molar-refractivity contribution in [2.24, 2.45) is 0 Å². The van der Waals surface area contributed by atoms with E-state index in [2.05, 4.69) is 127 Å². The number of furan rings is 1. The highest BCUT2D eigenvalue weighted by Gasteiger charge is 2.21. The largest absolute Gasteiger partial charge is 0.455 e. The van der Waals surface area contributed by atoms with Gasteiger partial charge in [0.2, 0.25) is 0 Å². The van der Waals surface area contributed by atoms with E-state index < -0.39 is 0 Å². The first-order chi connectivity index (χ1) is 27.7. The van der Waals surface area contributed by atoms with Crippen LogP contribution < -0.4 is 0 Å². The number of hydrogen-bond donors (Lipinski definition) is 0. The highest BCUT2D eigenvalue weighted by molar-refractivity contribution is 7.26. The summed E-state index contributed by atoms with van der Waals surface area (Å²) in [7, 11) is 0. The monoisotopic (exact) mass is 733 g/mol. The molecule has 0 aliphatic rings. The molecule has 0 amide bonds. The molecule has 0 saturated carbocycles. The zero-order valence-electron chi connectivity index (χ0n) is 30.1. The van der Waals surface area contributed by atoms with Gasteiger partial charge in [-0.2, -0.15) is 0 Å². The van der Waals surface area contributed by atoms with Gasteiger partial charge in [0.05, 0.1) is 0 Å². The van der Waals surface area contributed by atoms with Crippen molar-refractivity contribution in [3.63, 3.8) is 0 Å². The minimum absolute atomic E-state index is 0.622. The Morgan fingerprint density at radius 2 is 0.893 bits per heavy atom. The lowest BCUT2D eigenvalue weighted by Gasteiger charge is -2.11. The average Bonchev–Trinajstić information content (AvgIpc) is 3.86. The smallest absolute Gasteiger partial charge is 0.164 e. The van der Waals surface area contributed by atoms with E-state index in [1.165, 1.54) is 36.9 Å². The SMILES string of the molecule is c1ccc(-c2cc(-c3cccc4c3oc3cccc(-c5cccc(-c6nc(-c7ccccc7)nc(-c7ccccc7)n6)c5)c34)c3c(c2)sc2ccccc23)cc1. The standard InChI is InChI=1S/C51H31N3OS/c1-4-15-32(16-5-1)37-30-42(47-40-23-10-11-28-44(40)56-45(47)31-37)39-25-13-26-41-46-38(24-14-27-43(46)55-48(39)41)35-21-12-22-36(29-35)51-53-49(33-17-6-2-7-18-33)52-50(54-51)34-19-8-3-9-20-34/h1-31H. The zero-order valence-corrected chi connectivity index (χ0v) is 30.9. The fourth-order valence-corrected chi connectivity index (χ4v) is 9.10. The Hall–Kier alpha value is -7.21. The van der Waals surface area contributed by atoms with E-state index in [0.717, 1.165) is 55.3 Å². The third kappa shape index (κ3) is 5.48. The predicted octanol–water partition coefficient (Wildman–Crippen LogP) is 14.1. The Kier molecular flexibility index (Phi) is 7.64. The predicted molar refractivity (Wildman–Crippen MR) is 233 cm³/mol. The number of aromatic nitrogens is 3. The van der Waals surface area contributed by atoms with Crippen LogP contribution in [-0.2, 0) is 0 Å². The molecule has 4 nitrogen and oxygen atoms in total. The molecule has 0 fully saturated rings. The molecule has 0 aliphatic heterocycles. The number of benzene rings is 8. The van der Waals surface area contributed by atoms with Crippen molar-refractivity contribution in [1.82, 2.24) is 15.0 Å². The van der Waals surface area contributed by atoms with E-state index in [-0.39, 0.29) is 0 Å². The van der Waals surface area contributed by atoms with Crippen LogP contribution in [0.3, 0.4) is 0 Å². The summed E-state index contributed by atoms with van der Waals surface area (Å²) in [6.07, 6.45) is 0. The molecule has 0 bridgehead atoms. The third-order valence-electron chi connectivity index (χ3n) is 10.5. The summed E-state index contributed by atoms with van der Waals surface area (Å²) in [5, 5.41) is 4.68. The highest BCUT2D eigenvalue weighted by Crippen LogP contribution is 2.47. The molecule has 5 heteroatoms. The van der Waals surface area contributed by atoms with Crippen molar-refractivity contribution in [1.29, 1.82) is 0 Å². The van der Waals surface area contributed by atoms with Gasteiger partial charge in [0.25, 0.3) is 0 Å². The maximum atomic E-state index is 6.90. The van der Waals surface area contributed by atoms with Gasteiger partial charge < -0.3 is 4.42 Å². The Morgan fingerprint density at radius 3 is 1.62 bits per heavy atom. The van der Waals surface area contributed by atoms with Crippen molar-refractivity contribution in [2.45, 2.75) is 0 Å². The third-order valence-corrected chi connectivity index (χ3v) is 11.6. The maximum absolute atomic E-state index is 6.90. The van der Waals surface area contributed by atoms with E-state index in [4.69, 9.17) is 19.4 Å². The molecule has 262 valence electrons. The minimum Gasteiger partial charge on any atom is -0.455 e. The minimum atomic E-state index is 0.622. The number of hydrogen-bond acceptors (Lipinski definition) is 5. The van der Waals surface area contributed by atoms with Crippen LogP contribution in [0.4, 0.5) is 0 Å². The molecule has 11 rings (SSSR count). The molecule has 3 aromatic heterocycles. The highest BCUT2D eigenvalue weighted by atomic mass is 32.1. The van der Waals surface area contributed by atoms with Gasteiger partial charge in [-0.05, 0) is 58.1 Å². The topological polar surface area (TPSA) is 51.8 Å². The zero-order chi connectivity index (χ0) is 37.0. The molecule has 3 heterocycles. The molecular formula is C51H31N3OS. The summed E-state index contributed by atoms with van der Waals surface area (Å²) in [6, 6.07) is 65.6. The van der Waals surface area contributed by atoms with Crippen LogP contribution in [0.25, 0.3) is 110 Å². The summed E-state index contributed by atoms with van der Waals surface area (Å²) in [6.45, 7) is 0. The second-order valence-corrected chi connectivity index (χ2v) is 15.0. The molecule has 56 heavy (non-hydrogen) atoms. The van der Waals surface area contributed by atoms with Crippen molar-refractivity contribution in [3.05, 3.63) is 188 Å². The molecule has 0 unspecified atom stereocenters. The van der Waals surface area contributed by atoms with Crippen LogP contribution in [0.2, 0.25) is 0 Å². The summed E-state index contributed by atoms with van der Waals surface area (Å²) >= 11 is 1.84. The summed E-state index contributed by atoms with van der Waals surface area (Å²) in [4.78, 5) is 14.9. The molecule has 0 spiro atoms. The molecule has 0 radical (unpaired) electrons. The summed E-state index contributed by atoms with van der Waals surface area (Å²) in [5.41, 5.74) is 11.3. The van der Waals surface area contributed by atoms with Crippen molar-refractivity contribution in [3.8, 4) is 67.5 Å². The van der Waals surface area contributed by atoms with Gasteiger partial charge in [-0.3, -0.25) is 0 Å². The Morgan fingerprint density at radius 1 is 0.339 bits per heavy atom. The van der Waals surface area contributed by atoms with Gasteiger partial charge in [0, 0.05) is 53.2 Å². The normalized spacial score (nSPS) is 11.6. The fraction of sp³-hybridized carbons (Fsp3) is 0. The number of rotatable bonds is 6. The Bertz CT molecular complexity index is 3180. The fourth-order valence-electron chi connectivity index (χ4n) is 7.93. The number of nitrogens with zero attached hydrogens (tertiary/aromatic N) is 3. The second kappa shape index (κ2) is 13.3. The second-order valence-electron chi connectivity index (χ2n) is 13.9. The van der Waals surface area contributed by atoms with Crippen LogP contribution in [0.1, 0.15) is 0 Å². The van der Waals surface area contributed by atoms with Gasteiger partial charge in [-0.1, -0.05) is 158 Å². The van der Waals surface area contributed by atoms with Gasteiger partial charge >= 0.3 is 0 Å². The number of fused-ring (bicyclic) bond motifs is 6. The van der Waals surface area contributed by atoms with E-state index in [1.54, 1.807) is 0 Å². The van der Waals surface area contributed by atoms with Crippen LogP contribution in [0, 0.1) is 0 Å². The van der Waals surface area contributed by atoms with Gasteiger partial charge in [0.1, 0.15) is 11.2 Å². The van der Waals surface area contributed by atoms with Crippen molar-refractivity contribution in [2.75, 3.05) is 0 Å². The Labute approximate surface area is 327 Å². The van der Waals surface area contributed by atoms with Crippen LogP contribution >= 0.6 is 11.3 Å². The molecule has 0 atom stereocenters. The lowest BCUT2D eigenvalue weighted by atomic mass is 9.92. The van der Waals surface area contributed by atoms with Crippen molar-refractivity contribution >= 4 is 53.4 Å². The van der Waals surface area contributed by atoms with Crippen LogP contribution in [-0.4, -0.2) is 15.0 Å². The van der Waals surface area contributed by atoms with Gasteiger partial charge in [-0.15, -0.1) is 11.3 Å². The van der Waals surface area contributed by atoms with E-state index in [9.17, 15) is 0 Å². The van der Waals surface area contributed by atoms with Crippen molar-refractivity contribution < 1.29 is 4.42 Å². The first-order valence-electron chi connectivity index (χ1n) is 18.7. The Balaban J connectivity index is 1.09. The first-order valence-corrected chi connectivity index (χ1v) is 19.5. The maximum Gasteiger partial charge on any atom is 0.164 e. The summed E-state index contributed by atoms with van der Waals surface area (Å²) < 4.78 is 9.44. The molecule has 0 saturated heterocycles. The number of para-hydroxylation sites is 1. The summed E-state index contributed by atoms with van der Waals surface area (Å²) in [5.74, 6) is 1.90.